The van der Waals surface area contributed by atoms with Gasteiger partial charge in [-0.3, -0.25) is 4.79 Å². The number of piperidine rings is 1. The first-order valence-corrected chi connectivity index (χ1v) is 7.17. The van der Waals surface area contributed by atoms with Crippen LogP contribution in [-0.2, 0) is 11.3 Å². The van der Waals surface area contributed by atoms with E-state index in [0.29, 0.717) is 6.54 Å². The average molecular weight is 348 g/mol. The highest BCUT2D eigenvalue weighted by atomic mass is 79.9. The van der Waals surface area contributed by atoms with Gasteiger partial charge in [0.1, 0.15) is 0 Å². The molecule has 1 N–H and O–H groups in total. The second-order valence-corrected chi connectivity index (χ2v) is 5.66. The minimum absolute atomic E-state index is 0. The van der Waals surface area contributed by atoms with E-state index in [0.717, 1.165) is 36.0 Å². The summed E-state index contributed by atoms with van der Waals surface area (Å²) < 4.78 is 1.06. The molecule has 1 heterocycles. The van der Waals surface area contributed by atoms with Gasteiger partial charge in [-0.2, -0.15) is 0 Å². The summed E-state index contributed by atoms with van der Waals surface area (Å²) in [6.45, 7) is 2.59. The molecule has 0 radical (unpaired) electrons. The van der Waals surface area contributed by atoms with Crippen LogP contribution in [0.25, 0.3) is 0 Å². The molecule has 1 fully saturated rings. The van der Waals surface area contributed by atoms with Gasteiger partial charge in [-0.15, -0.1) is 12.4 Å². The number of carbonyl (C=O) groups excluding carboxylic acids is 1. The first-order chi connectivity index (χ1) is 8.68. The van der Waals surface area contributed by atoms with Crippen LogP contribution in [0.2, 0.25) is 0 Å². The summed E-state index contributed by atoms with van der Waals surface area (Å²) >= 11 is 3.52. The van der Waals surface area contributed by atoms with E-state index in [4.69, 9.17) is 0 Å². The molecule has 1 aromatic rings. The molecule has 1 aromatic carbocycles. The lowest BCUT2D eigenvalue weighted by Gasteiger charge is -2.27. The minimum atomic E-state index is 0. The Morgan fingerprint density at radius 2 is 2.00 bits per heavy atom. The number of amides is 1. The van der Waals surface area contributed by atoms with Crippen LogP contribution in [0.5, 0.6) is 0 Å². The quantitative estimate of drug-likeness (QED) is 0.912. The molecular weight excluding hydrogens is 328 g/mol. The number of rotatable bonds is 3. The Hall–Kier alpha value is -0.580. The summed E-state index contributed by atoms with van der Waals surface area (Å²) in [6, 6.07) is 8.06. The molecule has 0 aliphatic carbocycles. The number of benzene rings is 1. The van der Waals surface area contributed by atoms with Crippen LogP contribution in [0.15, 0.2) is 28.7 Å². The van der Waals surface area contributed by atoms with Gasteiger partial charge in [0, 0.05) is 24.0 Å². The first kappa shape index (κ1) is 16.5. The normalized spacial score (nSPS) is 15.7. The summed E-state index contributed by atoms with van der Waals surface area (Å²) in [4.78, 5) is 14.1. The molecule has 0 bridgehead atoms. The fourth-order valence-electron chi connectivity index (χ4n) is 2.34. The van der Waals surface area contributed by atoms with E-state index in [9.17, 15) is 4.79 Å². The zero-order valence-corrected chi connectivity index (χ0v) is 13.5. The molecule has 1 aliphatic heterocycles. The van der Waals surface area contributed by atoms with Crippen molar-refractivity contribution in [3.63, 3.8) is 0 Å². The van der Waals surface area contributed by atoms with Crippen LogP contribution >= 0.6 is 28.3 Å². The second-order valence-electron chi connectivity index (χ2n) is 4.81. The van der Waals surface area contributed by atoms with Crippen molar-refractivity contribution in [1.29, 1.82) is 0 Å². The van der Waals surface area contributed by atoms with Gasteiger partial charge in [0.2, 0.25) is 5.91 Å². The van der Waals surface area contributed by atoms with Gasteiger partial charge in [-0.05, 0) is 37.6 Å². The molecule has 0 atom stereocenters. The molecule has 0 saturated carbocycles. The number of nitrogens with one attached hydrogen (secondary N) is 1. The summed E-state index contributed by atoms with van der Waals surface area (Å²) in [5.41, 5.74) is 1.15. The minimum Gasteiger partial charge on any atom is -0.341 e. The summed E-state index contributed by atoms with van der Waals surface area (Å²) in [5.74, 6) is 0.464. The molecular formula is C14H20BrClN2O. The maximum atomic E-state index is 12.3. The molecule has 2 rings (SSSR count). The maximum absolute atomic E-state index is 12.3. The zero-order valence-electron chi connectivity index (χ0n) is 11.1. The predicted molar refractivity (Wildman–Crippen MR) is 83.5 cm³/mol. The number of nitrogens with zero attached hydrogens (tertiary/aromatic N) is 1. The standard InChI is InChI=1S/C14H19BrN2O.ClH/c1-17(10-12-4-2-3-5-13(12)15)14(18)11-6-8-16-9-7-11;/h2-5,11,16H,6-10H2,1H3;1H. The highest BCUT2D eigenvalue weighted by Crippen LogP contribution is 2.20. The van der Waals surface area contributed by atoms with Gasteiger partial charge in [0.25, 0.3) is 0 Å². The van der Waals surface area contributed by atoms with Crippen LogP contribution in [0.4, 0.5) is 0 Å². The lowest BCUT2D eigenvalue weighted by molar-refractivity contribution is -0.135. The van der Waals surface area contributed by atoms with Crippen molar-refractivity contribution in [3.8, 4) is 0 Å². The molecule has 1 saturated heterocycles. The van der Waals surface area contributed by atoms with Crippen LogP contribution < -0.4 is 5.32 Å². The summed E-state index contributed by atoms with van der Waals surface area (Å²) in [6.07, 6.45) is 1.91. The van der Waals surface area contributed by atoms with Crippen molar-refractivity contribution in [2.75, 3.05) is 20.1 Å². The van der Waals surface area contributed by atoms with E-state index in [1.54, 1.807) is 0 Å². The Balaban J connectivity index is 0.00000180. The lowest BCUT2D eigenvalue weighted by atomic mass is 9.96. The molecule has 106 valence electrons. The van der Waals surface area contributed by atoms with Gasteiger partial charge in [-0.1, -0.05) is 34.1 Å². The zero-order chi connectivity index (χ0) is 13.0. The van der Waals surface area contributed by atoms with Gasteiger partial charge < -0.3 is 10.2 Å². The summed E-state index contributed by atoms with van der Waals surface area (Å²) in [5, 5.41) is 3.29. The largest absolute Gasteiger partial charge is 0.341 e. The van der Waals surface area contributed by atoms with Crippen molar-refractivity contribution in [2.24, 2.45) is 5.92 Å². The molecule has 0 spiro atoms. The number of carbonyl (C=O) groups is 1. The van der Waals surface area contributed by atoms with Crippen molar-refractivity contribution in [1.82, 2.24) is 10.2 Å². The third kappa shape index (κ3) is 4.48. The SMILES string of the molecule is CN(Cc1ccccc1Br)C(=O)C1CCNCC1.Cl. The van der Waals surface area contributed by atoms with E-state index >= 15 is 0 Å². The van der Waals surface area contributed by atoms with Gasteiger partial charge in [0.15, 0.2) is 0 Å². The molecule has 5 heteroatoms. The predicted octanol–water partition coefficient (Wildman–Crippen LogP) is 2.83. The van der Waals surface area contributed by atoms with E-state index < -0.39 is 0 Å². The molecule has 0 unspecified atom stereocenters. The number of hydrogen-bond donors (Lipinski definition) is 1. The third-order valence-corrected chi connectivity index (χ3v) is 4.20. The van der Waals surface area contributed by atoms with E-state index in [1.165, 1.54) is 0 Å². The molecule has 0 aromatic heterocycles. The Kier molecular flexibility index (Phi) is 6.83. The van der Waals surface area contributed by atoms with Crippen molar-refractivity contribution < 1.29 is 4.79 Å². The fourth-order valence-corrected chi connectivity index (χ4v) is 2.75. The van der Waals surface area contributed by atoms with E-state index in [1.807, 2.05) is 30.1 Å². The Morgan fingerprint density at radius 1 is 1.37 bits per heavy atom. The van der Waals surface area contributed by atoms with Crippen LogP contribution in [-0.4, -0.2) is 30.9 Å². The van der Waals surface area contributed by atoms with Crippen molar-refractivity contribution in [2.45, 2.75) is 19.4 Å². The van der Waals surface area contributed by atoms with Crippen LogP contribution in [0.1, 0.15) is 18.4 Å². The van der Waals surface area contributed by atoms with Crippen LogP contribution in [0.3, 0.4) is 0 Å². The van der Waals surface area contributed by atoms with E-state index in [2.05, 4.69) is 27.3 Å². The third-order valence-electron chi connectivity index (χ3n) is 3.43. The topological polar surface area (TPSA) is 32.3 Å². The van der Waals surface area contributed by atoms with Crippen LogP contribution in [0, 0.1) is 5.92 Å². The summed E-state index contributed by atoms with van der Waals surface area (Å²) in [7, 11) is 1.89. The van der Waals surface area contributed by atoms with Gasteiger partial charge in [0.05, 0.1) is 0 Å². The molecule has 19 heavy (non-hydrogen) atoms. The molecule has 3 nitrogen and oxygen atoms in total. The Labute approximate surface area is 129 Å². The molecule has 1 aliphatic rings. The number of halogens is 2. The van der Waals surface area contributed by atoms with Gasteiger partial charge >= 0.3 is 0 Å². The maximum Gasteiger partial charge on any atom is 0.225 e. The van der Waals surface area contributed by atoms with E-state index in [-0.39, 0.29) is 24.2 Å². The second kappa shape index (κ2) is 7.88. The number of hydrogen-bond acceptors (Lipinski definition) is 2. The fraction of sp³-hybridized carbons (Fsp3) is 0.500. The first-order valence-electron chi connectivity index (χ1n) is 6.37. The highest BCUT2D eigenvalue weighted by molar-refractivity contribution is 9.10. The average Bonchev–Trinajstić information content (AvgIpc) is 2.41. The van der Waals surface area contributed by atoms with Gasteiger partial charge in [-0.25, -0.2) is 0 Å². The smallest absolute Gasteiger partial charge is 0.225 e. The van der Waals surface area contributed by atoms with Crippen molar-refractivity contribution in [3.05, 3.63) is 34.3 Å². The lowest BCUT2D eigenvalue weighted by Crippen LogP contribution is -2.38. The molecule has 1 amide bonds. The highest BCUT2D eigenvalue weighted by Gasteiger charge is 2.23. The Morgan fingerprint density at radius 3 is 2.63 bits per heavy atom. The monoisotopic (exact) mass is 346 g/mol. The van der Waals surface area contributed by atoms with Crippen molar-refractivity contribution >= 4 is 34.2 Å². The Bertz CT molecular complexity index is 422.